The molecule has 0 atom stereocenters. The summed E-state index contributed by atoms with van der Waals surface area (Å²) >= 11 is 0. The summed E-state index contributed by atoms with van der Waals surface area (Å²) in [5.74, 6) is 0.226. The van der Waals surface area contributed by atoms with Crippen molar-refractivity contribution < 1.29 is 4.79 Å². The van der Waals surface area contributed by atoms with Crippen LogP contribution in [-0.4, -0.2) is 20.9 Å². The second-order valence-corrected chi connectivity index (χ2v) is 3.21. The standard InChI is InChI=1S/C11H10N4O/c1-8-3-2-4-10(14-8)15-11(16)9-5-6-12-7-13-9/h2-7H,1H3,(H,14,15,16). The van der Waals surface area contributed by atoms with Gasteiger partial charge in [-0.2, -0.15) is 0 Å². The van der Waals surface area contributed by atoms with Gasteiger partial charge in [0.2, 0.25) is 0 Å². The third-order valence-corrected chi connectivity index (χ3v) is 1.94. The molecule has 0 unspecified atom stereocenters. The first-order valence-corrected chi connectivity index (χ1v) is 4.77. The molecule has 2 aromatic rings. The molecule has 2 aromatic heterocycles. The molecule has 0 aromatic carbocycles. The Morgan fingerprint density at radius 3 is 2.88 bits per heavy atom. The van der Waals surface area contributed by atoms with Crippen molar-refractivity contribution >= 4 is 11.7 Å². The summed E-state index contributed by atoms with van der Waals surface area (Å²) in [6.07, 6.45) is 2.85. The van der Waals surface area contributed by atoms with E-state index in [1.807, 2.05) is 19.1 Å². The van der Waals surface area contributed by atoms with Gasteiger partial charge in [0.15, 0.2) is 0 Å². The summed E-state index contributed by atoms with van der Waals surface area (Å²) in [7, 11) is 0. The van der Waals surface area contributed by atoms with Gasteiger partial charge in [-0.1, -0.05) is 6.07 Å². The van der Waals surface area contributed by atoms with Crippen LogP contribution in [0.2, 0.25) is 0 Å². The monoisotopic (exact) mass is 214 g/mol. The van der Waals surface area contributed by atoms with E-state index in [0.29, 0.717) is 11.5 Å². The lowest BCUT2D eigenvalue weighted by molar-refractivity contribution is 0.102. The maximum atomic E-state index is 11.7. The van der Waals surface area contributed by atoms with Crippen LogP contribution < -0.4 is 5.32 Å². The number of hydrogen-bond acceptors (Lipinski definition) is 4. The lowest BCUT2D eigenvalue weighted by Crippen LogP contribution is -2.14. The molecule has 5 nitrogen and oxygen atoms in total. The molecule has 16 heavy (non-hydrogen) atoms. The molecule has 80 valence electrons. The molecule has 0 spiro atoms. The number of amides is 1. The van der Waals surface area contributed by atoms with Gasteiger partial charge in [0.05, 0.1) is 0 Å². The Hall–Kier alpha value is -2.30. The van der Waals surface area contributed by atoms with Crippen molar-refractivity contribution in [3.05, 3.63) is 48.2 Å². The van der Waals surface area contributed by atoms with Crippen molar-refractivity contribution in [3.63, 3.8) is 0 Å². The molecule has 0 saturated carbocycles. The lowest BCUT2D eigenvalue weighted by atomic mass is 10.3. The first kappa shape index (κ1) is 10.2. The Balaban J connectivity index is 2.14. The molecule has 0 aliphatic carbocycles. The molecule has 0 aliphatic rings. The van der Waals surface area contributed by atoms with Crippen LogP contribution >= 0.6 is 0 Å². The summed E-state index contributed by atoms with van der Waals surface area (Å²) in [4.78, 5) is 23.4. The number of rotatable bonds is 2. The van der Waals surface area contributed by atoms with Gasteiger partial charge in [-0.25, -0.2) is 15.0 Å². The zero-order valence-corrected chi connectivity index (χ0v) is 8.71. The summed E-state index contributed by atoms with van der Waals surface area (Å²) in [5.41, 5.74) is 1.17. The number of pyridine rings is 1. The van der Waals surface area contributed by atoms with Gasteiger partial charge in [-0.3, -0.25) is 4.79 Å². The number of aromatic nitrogens is 3. The third kappa shape index (κ3) is 2.38. The zero-order chi connectivity index (χ0) is 11.4. The van der Waals surface area contributed by atoms with Crippen LogP contribution in [0.3, 0.4) is 0 Å². The Bertz CT molecular complexity index is 498. The number of hydrogen-bond donors (Lipinski definition) is 1. The Morgan fingerprint density at radius 2 is 2.19 bits per heavy atom. The third-order valence-electron chi connectivity index (χ3n) is 1.94. The maximum absolute atomic E-state index is 11.7. The molecule has 0 fully saturated rings. The predicted octanol–water partition coefficient (Wildman–Crippen LogP) is 1.43. The van der Waals surface area contributed by atoms with Crippen molar-refractivity contribution in [2.24, 2.45) is 0 Å². The van der Waals surface area contributed by atoms with Gasteiger partial charge in [0, 0.05) is 11.9 Å². The Labute approximate surface area is 92.6 Å². The minimum Gasteiger partial charge on any atom is -0.305 e. The molecule has 0 aliphatic heterocycles. The van der Waals surface area contributed by atoms with Gasteiger partial charge < -0.3 is 5.32 Å². The molecule has 2 heterocycles. The smallest absolute Gasteiger partial charge is 0.275 e. The molecule has 2 rings (SSSR count). The summed E-state index contributed by atoms with van der Waals surface area (Å²) in [6.45, 7) is 1.86. The van der Waals surface area contributed by atoms with Crippen molar-refractivity contribution in [2.45, 2.75) is 6.92 Å². The highest BCUT2D eigenvalue weighted by atomic mass is 16.1. The van der Waals surface area contributed by atoms with E-state index in [1.54, 1.807) is 12.1 Å². The van der Waals surface area contributed by atoms with Crippen LogP contribution in [0.25, 0.3) is 0 Å². The van der Waals surface area contributed by atoms with E-state index in [2.05, 4.69) is 20.3 Å². The minimum absolute atomic E-state index is 0.291. The fourth-order valence-electron chi connectivity index (χ4n) is 1.22. The molecule has 0 saturated heterocycles. The summed E-state index contributed by atoms with van der Waals surface area (Å²) < 4.78 is 0. The van der Waals surface area contributed by atoms with Crippen LogP contribution in [0.5, 0.6) is 0 Å². The SMILES string of the molecule is Cc1cccc(NC(=O)c2ccncn2)n1. The topological polar surface area (TPSA) is 67.8 Å². The average Bonchev–Trinajstić information content (AvgIpc) is 2.30. The van der Waals surface area contributed by atoms with E-state index in [-0.39, 0.29) is 5.91 Å². The molecule has 5 heteroatoms. The second-order valence-electron chi connectivity index (χ2n) is 3.21. The number of nitrogens with zero attached hydrogens (tertiary/aromatic N) is 3. The minimum atomic E-state index is -0.291. The van der Waals surface area contributed by atoms with E-state index in [4.69, 9.17) is 0 Å². The van der Waals surface area contributed by atoms with E-state index >= 15 is 0 Å². The van der Waals surface area contributed by atoms with E-state index < -0.39 is 0 Å². The summed E-state index contributed by atoms with van der Waals surface area (Å²) in [6, 6.07) is 6.97. The lowest BCUT2D eigenvalue weighted by Gasteiger charge is -2.03. The normalized spacial score (nSPS) is 9.81. The van der Waals surface area contributed by atoms with Crippen LogP contribution in [0.1, 0.15) is 16.2 Å². The average molecular weight is 214 g/mol. The van der Waals surface area contributed by atoms with E-state index in [9.17, 15) is 4.79 Å². The van der Waals surface area contributed by atoms with Gasteiger partial charge in [-0.15, -0.1) is 0 Å². The molecule has 1 amide bonds. The van der Waals surface area contributed by atoms with Crippen molar-refractivity contribution in [1.82, 2.24) is 15.0 Å². The highest BCUT2D eigenvalue weighted by molar-refractivity contribution is 6.02. The van der Waals surface area contributed by atoms with E-state index in [0.717, 1.165) is 5.69 Å². The van der Waals surface area contributed by atoms with Crippen LogP contribution in [-0.2, 0) is 0 Å². The fourth-order valence-corrected chi connectivity index (χ4v) is 1.22. The first-order valence-electron chi connectivity index (χ1n) is 4.77. The van der Waals surface area contributed by atoms with Crippen molar-refractivity contribution in [3.8, 4) is 0 Å². The van der Waals surface area contributed by atoms with Crippen molar-refractivity contribution in [1.29, 1.82) is 0 Å². The molecule has 0 bridgehead atoms. The van der Waals surface area contributed by atoms with Gasteiger partial charge in [0.25, 0.3) is 5.91 Å². The number of aryl methyl sites for hydroxylation is 1. The molecular formula is C11H10N4O. The zero-order valence-electron chi connectivity index (χ0n) is 8.71. The number of nitrogens with one attached hydrogen (secondary N) is 1. The van der Waals surface area contributed by atoms with Gasteiger partial charge >= 0.3 is 0 Å². The van der Waals surface area contributed by atoms with Crippen LogP contribution in [0, 0.1) is 6.92 Å². The quantitative estimate of drug-likeness (QED) is 0.821. The van der Waals surface area contributed by atoms with Gasteiger partial charge in [-0.05, 0) is 25.1 Å². The molecule has 1 N–H and O–H groups in total. The largest absolute Gasteiger partial charge is 0.305 e. The van der Waals surface area contributed by atoms with Gasteiger partial charge in [0.1, 0.15) is 17.8 Å². The van der Waals surface area contributed by atoms with Crippen LogP contribution in [0.15, 0.2) is 36.8 Å². The predicted molar refractivity (Wildman–Crippen MR) is 59.0 cm³/mol. The highest BCUT2D eigenvalue weighted by Gasteiger charge is 2.07. The first-order chi connectivity index (χ1) is 7.75. The summed E-state index contributed by atoms with van der Waals surface area (Å²) in [5, 5.41) is 2.66. The van der Waals surface area contributed by atoms with E-state index in [1.165, 1.54) is 12.5 Å². The highest BCUT2D eigenvalue weighted by Crippen LogP contribution is 2.05. The second kappa shape index (κ2) is 4.48. The van der Waals surface area contributed by atoms with Crippen molar-refractivity contribution in [2.75, 3.05) is 5.32 Å². The Morgan fingerprint density at radius 1 is 1.31 bits per heavy atom. The molecular weight excluding hydrogens is 204 g/mol. The van der Waals surface area contributed by atoms with Crippen LogP contribution in [0.4, 0.5) is 5.82 Å². The molecule has 0 radical (unpaired) electrons. The number of carbonyl (C=O) groups excluding carboxylic acids is 1. The fraction of sp³-hybridized carbons (Fsp3) is 0.0909. The number of carbonyl (C=O) groups is 1. The number of anilines is 1. The Kier molecular flexibility index (Phi) is 2.86. The maximum Gasteiger partial charge on any atom is 0.275 e.